The molecule has 1 aliphatic carbocycles. The van der Waals surface area contributed by atoms with Crippen LogP contribution in [-0.4, -0.2) is 15.8 Å². The molecule has 0 fully saturated rings. The van der Waals surface area contributed by atoms with Crippen molar-refractivity contribution in [3.8, 4) is 0 Å². The number of nitrogens with one attached hydrogen (secondary N) is 2. The number of anilines is 1. The molecule has 3 rings (SSSR count). The van der Waals surface area contributed by atoms with Crippen molar-refractivity contribution in [3.63, 3.8) is 0 Å². The Labute approximate surface area is 122 Å². The molecule has 1 aliphatic rings. The highest BCUT2D eigenvalue weighted by Gasteiger charge is 2.24. The number of carbonyl (C=O) groups is 1. The number of fused-ring (bicyclic) bond motifs is 1. The fourth-order valence-electron chi connectivity index (χ4n) is 2.74. The van der Waals surface area contributed by atoms with E-state index in [2.05, 4.69) is 15.7 Å². The van der Waals surface area contributed by atoms with Crippen molar-refractivity contribution in [2.75, 3.05) is 5.32 Å². The van der Waals surface area contributed by atoms with Crippen LogP contribution in [-0.2, 0) is 13.5 Å². The predicted molar refractivity (Wildman–Crippen MR) is 77.4 cm³/mol. The lowest BCUT2D eigenvalue weighted by molar-refractivity contribution is 0.247. The molecule has 0 bridgehead atoms. The summed E-state index contributed by atoms with van der Waals surface area (Å²) in [6.07, 6.45) is 4.63. The zero-order chi connectivity index (χ0) is 14.8. The van der Waals surface area contributed by atoms with E-state index in [1.54, 1.807) is 18.3 Å². The summed E-state index contributed by atoms with van der Waals surface area (Å²) in [5.41, 5.74) is 2.38. The largest absolute Gasteiger partial charge is 0.331 e. The third-order valence-corrected chi connectivity index (χ3v) is 3.80. The van der Waals surface area contributed by atoms with Crippen molar-refractivity contribution in [1.82, 2.24) is 15.1 Å². The molecule has 2 N–H and O–H groups in total. The number of carbonyl (C=O) groups excluding carboxylic acids is 1. The minimum absolute atomic E-state index is 0.0748. The zero-order valence-corrected chi connectivity index (χ0v) is 11.8. The number of para-hydroxylation sites is 1. The molecule has 1 aromatic carbocycles. The first-order valence-corrected chi connectivity index (χ1v) is 6.98. The van der Waals surface area contributed by atoms with Gasteiger partial charge in [-0.1, -0.05) is 12.1 Å². The van der Waals surface area contributed by atoms with Gasteiger partial charge in [0.1, 0.15) is 5.82 Å². The predicted octanol–water partition coefficient (Wildman–Crippen LogP) is 2.76. The quantitative estimate of drug-likeness (QED) is 0.892. The second kappa shape index (κ2) is 5.55. The standard InChI is InChI=1S/C15H17FN4O/c1-20-14-8-4-7-12(10(14)9-17-20)18-15(21)19-13-6-3-2-5-11(13)16/h2-3,5-6,9,12H,4,7-8H2,1H3,(H2,18,19,21). The summed E-state index contributed by atoms with van der Waals surface area (Å²) in [4.78, 5) is 12.0. The van der Waals surface area contributed by atoms with Crippen molar-refractivity contribution in [3.05, 3.63) is 47.5 Å². The van der Waals surface area contributed by atoms with Crippen molar-refractivity contribution >= 4 is 11.7 Å². The number of hydrogen-bond donors (Lipinski definition) is 2. The van der Waals surface area contributed by atoms with Crippen LogP contribution in [0.1, 0.15) is 30.1 Å². The maximum atomic E-state index is 13.5. The van der Waals surface area contributed by atoms with Crippen LogP contribution < -0.4 is 10.6 Å². The Hall–Kier alpha value is -2.37. The van der Waals surface area contributed by atoms with E-state index < -0.39 is 11.8 Å². The molecule has 1 aromatic heterocycles. The molecule has 21 heavy (non-hydrogen) atoms. The smallest absolute Gasteiger partial charge is 0.319 e. The molecular weight excluding hydrogens is 271 g/mol. The third kappa shape index (κ3) is 2.74. The number of hydrogen-bond acceptors (Lipinski definition) is 2. The summed E-state index contributed by atoms with van der Waals surface area (Å²) in [6, 6.07) is 5.64. The number of aromatic nitrogens is 2. The summed E-state index contributed by atoms with van der Waals surface area (Å²) in [5, 5.41) is 9.68. The average molecular weight is 288 g/mol. The lowest BCUT2D eigenvalue weighted by Gasteiger charge is -2.24. The maximum absolute atomic E-state index is 13.5. The lowest BCUT2D eigenvalue weighted by Crippen LogP contribution is -2.34. The lowest BCUT2D eigenvalue weighted by atomic mass is 9.93. The molecule has 1 unspecified atom stereocenters. The van der Waals surface area contributed by atoms with Gasteiger partial charge in [-0.3, -0.25) is 4.68 Å². The van der Waals surface area contributed by atoms with Gasteiger partial charge in [-0.05, 0) is 31.4 Å². The third-order valence-electron chi connectivity index (χ3n) is 3.80. The topological polar surface area (TPSA) is 59.0 Å². The number of benzene rings is 1. The first kappa shape index (κ1) is 13.6. The van der Waals surface area contributed by atoms with Crippen LogP contribution in [0.5, 0.6) is 0 Å². The summed E-state index contributed by atoms with van der Waals surface area (Å²) in [6.45, 7) is 0. The average Bonchev–Trinajstić information content (AvgIpc) is 2.84. The van der Waals surface area contributed by atoms with Gasteiger partial charge >= 0.3 is 6.03 Å². The Morgan fingerprint density at radius 1 is 1.43 bits per heavy atom. The fraction of sp³-hybridized carbons (Fsp3) is 0.333. The van der Waals surface area contributed by atoms with E-state index in [4.69, 9.17) is 0 Å². The van der Waals surface area contributed by atoms with Gasteiger partial charge in [0.05, 0.1) is 17.9 Å². The Bertz CT molecular complexity index is 667. The molecule has 6 heteroatoms. The Morgan fingerprint density at radius 3 is 3.05 bits per heavy atom. The first-order valence-electron chi connectivity index (χ1n) is 6.98. The molecule has 1 heterocycles. The first-order chi connectivity index (χ1) is 10.1. The van der Waals surface area contributed by atoms with E-state index in [0.717, 1.165) is 30.5 Å². The molecule has 0 spiro atoms. The van der Waals surface area contributed by atoms with Crippen LogP contribution in [0.25, 0.3) is 0 Å². The van der Waals surface area contributed by atoms with Gasteiger partial charge in [-0.25, -0.2) is 9.18 Å². The summed E-state index contributed by atoms with van der Waals surface area (Å²) in [5.74, 6) is -0.446. The molecule has 110 valence electrons. The normalized spacial score (nSPS) is 17.1. The Kier molecular flexibility index (Phi) is 3.60. The SMILES string of the molecule is Cn1ncc2c1CCCC2NC(=O)Nc1ccccc1F. The van der Waals surface area contributed by atoms with Crippen LogP contribution in [0, 0.1) is 5.82 Å². The summed E-state index contributed by atoms with van der Waals surface area (Å²) >= 11 is 0. The van der Waals surface area contributed by atoms with Crippen molar-refractivity contribution in [2.24, 2.45) is 7.05 Å². The number of nitrogens with zero attached hydrogens (tertiary/aromatic N) is 2. The molecule has 0 radical (unpaired) electrons. The van der Waals surface area contributed by atoms with Gasteiger partial charge in [0, 0.05) is 18.3 Å². The highest BCUT2D eigenvalue weighted by atomic mass is 19.1. The molecule has 2 amide bonds. The number of amides is 2. The van der Waals surface area contributed by atoms with Gasteiger partial charge in [0.15, 0.2) is 0 Å². The number of rotatable bonds is 2. The van der Waals surface area contributed by atoms with E-state index in [0.29, 0.717) is 0 Å². The highest BCUT2D eigenvalue weighted by Crippen LogP contribution is 2.29. The van der Waals surface area contributed by atoms with E-state index >= 15 is 0 Å². The zero-order valence-electron chi connectivity index (χ0n) is 11.8. The van der Waals surface area contributed by atoms with Gasteiger partial charge in [-0.15, -0.1) is 0 Å². The van der Waals surface area contributed by atoms with Crippen LogP contribution in [0.3, 0.4) is 0 Å². The molecule has 0 saturated carbocycles. The minimum atomic E-state index is -0.446. The molecule has 0 aliphatic heterocycles. The molecule has 0 saturated heterocycles. The summed E-state index contributed by atoms with van der Waals surface area (Å²) in [7, 11) is 1.90. The second-order valence-corrected chi connectivity index (χ2v) is 5.19. The van der Waals surface area contributed by atoms with Crippen molar-refractivity contribution in [1.29, 1.82) is 0 Å². The Morgan fingerprint density at radius 2 is 2.24 bits per heavy atom. The molecule has 1 atom stereocenters. The van der Waals surface area contributed by atoms with Gasteiger partial charge < -0.3 is 10.6 Å². The van der Waals surface area contributed by atoms with Gasteiger partial charge in [0.2, 0.25) is 0 Å². The van der Waals surface area contributed by atoms with Crippen LogP contribution in [0.4, 0.5) is 14.9 Å². The maximum Gasteiger partial charge on any atom is 0.319 e. The summed E-state index contributed by atoms with van der Waals surface area (Å²) < 4.78 is 15.4. The Balaban J connectivity index is 1.70. The van der Waals surface area contributed by atoms with Crippen LogP contribution in [0.15, 0.2) is 30.5 Å². The number of halogens is 1. The van der Waals surface area contributed by atoms with Gasteiger partial charge in [0.25, 0.3) is 0 Å². The number of aryl methyl sites for hydroxylation is 1. The fourth-order valence-corrected chi connectivity index (χ4v) is 2.74. The number of urea groups is 1. The van der Waals surface area contributed by atoms with E-state index in [1.165, 1.54) is 12.1 Å². The van der Waals surface area contributed by atoms with E-state index in [1.807, 2.05) is 11.7 Å². The minimum Gasteiger partial charge on any atom is -0.331 e. The molecular formula is C15H17FN4O. The van der Waals surface area contributed by atoms with E-state index in [9.17, 15) is 9.18 Å². The van der Waals surface area contributed by atoms with E-state index in [-0.39, 0.29) is 11.7 Å². The molecule has 2 aromatic rings. The van der Waals surface area contributed by atoms with Crippen LogP contribution >= 0.6 is 0 Å². The highest BCUT2D eigenvalue weighted by molar-refractivity contribution is 5.89. The monoisotopic (exact) mass is 288 g/mol. The van der Waals surface area contributed by atoms with Gasteiger partial charge in [-0.2, -0.15) is 5.10 Å². The molecule has 5 nitrogen and oxygen atoms in total. The van der Waals surface area contributed by atoms with Crippen molar-refractivity contribution in [2.45, 2.75) is 25.3 Å². The van der Waals surface area contributed by atoms with Crippen LogP contribution in [0.2, 0.25) is 0 Å². The second-order valence-electron chi connectivity index (χ2n) is 5.19. The van der Waals surface area contributed by atoms with Crippen molar-refractivity contribution < 1.29 is 9.18 Å².